The maximum Gasteiger partial charge on any atom is 0.264 e. The minimum Gasteiger partial charge on any atom is -0.338 e. The Labute approximate surface area is 182 Å². The molecule has 0 N–H and O–H groups in total. The van der Waals surface area contributed by atoms with E-state index in [9.17, 15) is 14.4 Å². The lowest BCUT2D eigenvalue weighted by Crippen LogP contribution is -2.44. The second kappa shape index (κ2) is 8.33. The number of benzene rings is 1. The Morgan fingerprint density at radius 3 is 2.35 bits per heavy atom. The SMILES string of the molecule is O=C(c1c2c(cn(Cc3ccccc3)c1=O)CN(C(=O)C1CCC1)CC2)N1CCCC1. The van der Waals surface area contributed by atoms with Crippen molar-refractivity contribution in [3.63, 3.8) is 0 Å². The summed E-state index contributed by atoms with van der Waals surface area (Å²) in [4.78, 5) is 43.4. The number of carbonyl (C=O) groups excluding carboxylic acids is 2. The highest BCUT2D eigenvalue weighted by Crippen LogP contribution is 2.31. The number of nitrogens with zero attached hydrogens (tertiary/aromatic N) is 3. The first-order valence-electron chi connectivity index (χ1n) is 11.5. The number of rotatable bonds is 4. The van der Waals surface area contributed by atoms with Crippen molar-refractivity contribution >= 4 is 11.8 Å². The van der Waals surface area contributed by atoms with Gasteiger partial charge >= 0.3 is 0 Å². The molecular weight excluding hydrogens is 390 g/mol. The van der Waals surface area contributed by atoms with Crippen LogP contribution in [0.2, 0.25) is 0 Å². The average molecular weight is 420 g/mol. The molecule has 5 rings (SSSR count). The summed E-state index contributed by atoms with van der Waals surface area (Å²) in [6, 6.07) is 9.83. The summed E-state index contributed by atoms with van der Waals surface area (Å²) in [7, 11) is 0. The molecule has 1 aromatic heterocycles. The molecule has 0 atom stereocenters. The van der Waals surface area contributed by atoms with Crippen molar-refractivity contribution in [2.24, 2.45) is 5.92 Å². The molecule has 6 heteroatoms. The third kappa shape index (κ3) is 3.80. The molecule has 3 heterocycles. The topological polar surface area (TPSA) is 62.6 Å². The predicted molar refractivity (Wildman–Crippen MR) is 118 cm³/mol. The van der Waals surface area contributed by atoms with Crippen molar-refractivity contribution in [3.8, 4) is 0 Å². The van der Waals surface area contributed by atoms with Gasteiger partial charge in [0, 0.05) is 38.3 Å². The smallest absolute Gasteiger partial charge is 0.264 e. The Hall–Kier alpha value is -2.89. The molecule has 2 aromatic rings. The number of likely N-dealkylation sites (tertiary alicyclic amines) is 1. The van der Waals surface area contributed by atoms with Gasteiger partial charge in [-0.25, -0.2) is 0 Å². The van der Waals surface area contributed by atoms with E-state index in [-0.39, 0.29) is 23.3 Å². The van der Waals surface area contributed by atoms with Gasteiger partial charge in [-0.15, -0.1) is 0 Å². The lowest BCUT2D eigenvalue weighted by Gasteiger charge is -2.35. The molecule has 0 spiro atoms. The predicted octanol–water partition coefficient (Wildman–Crippen LogP) is 2.82. The summed E-state index contributed by atoms with van der Waals surface area (Å²) in [5.74, 6) is 0.243. The van der Waals surface area contributed by atoms with E-state index in [1.807, 2.05) is 46.3 Å². The van der Waals surface area contributed by atoms with Gasteiger partial charge in [0.2, 0.25) is 5.91 Å². The molecule has 1 saturated carbocycles. The number of aromatic nitrogens is 1. The minimum atomic E-state index is -0.210. The second-order valence-electron chi connectivity index (χ2n) is 9.06. The van der Waals surface area contributed by atoms with Gasteiger partial charge in [0.05, 0.1) is 6.54 Å². The van der Waals surface area contributed by atoms with Crippen LogP contribution < -0.4 is 5.56 Å². The summed E-state index contributed by atoms with van der Waals surface area (Å²) >= 11 is 0. The summed E-state index contributed by atoms with van der Waals surface area (Å²) in [6.07, 6.45) is 7.52. The fourth-order valence-electron chi connectivity index (χ4n) is 5.01. The molecule has 3 aliphatic rings. The van der Waals surface area contributed by atoms with Crippen molar-refractivity contribution in [3.05, 3.63) is 69.1 Å². The Kier molecular flexibility index (Phi) is 5.38. The van der Waals surface area contributed by atoms with Gasteiger partial charge in [-0.3, -0.25) is 14.4 Å². The Bertz CT molecular complexity index is 1050. The minimum absolute atomic E-state index is 0.139. The number of fused-ring (bicyclic) bond motifs is 1. The van der Waals surface area contributed by atoms with E-state index in [1.54, 1.807) is 4.57 Å². The fraction of sp³-hybridized carbons (Fsp3) is 0.480. The van der Waals surface area contributed by atoms with E-state index in [0.29, 0.717) is 44.7 Å². The van der Waals surface area contributed by atoms with E-state index in [1.165, 1.54) is 0 Å². The molecular formula is C25H29N3O3. The second-order valence-corrected chi connectivity index (χ2v) is 9.06. The highest BCUT2D eigenvalue weighted by atomic mass is 16.2. The summed E-state index contributed by atoms with van der Waals surface area (Å²) in [5.41, 5.74) is 2.92. The maximum atomic E-state index is 13.5. The number of pyridine rings is 1. The van der Waals surface area contributed by atoms with Crippen LogP contribution in [-0.4, -0.2) is 45.8 Å². The highest BCUT2D eigenvalue weighted by molar-refractivity contribution is 5.96. The fourth-order valence-corrected chi connectivity index (χ4v) is 5.01. The normalized spacial score (nSPS) is 18.6. The molecule has 0 bridgehead atoms. The van der Waals surface area contributed by atoms with Crippen molar-refractivity contribution in [2.75, 3.05) is 19.6 Å². The molecule has 1 aliphatic carbocycles. The third-order valence-electron chi connectivity index (χ3n) is 7.04. The van der Waals surface area contributed by atoms with E-state index in [0.717, 1.165) is 48.8 Å². The van der Waals surface area contributed by atoms with Crippen LogP contribution in [0.4, 0.5) is 0 Å². The molecule has 2 fully saturated rings. The lowest BCUT2D eigenvalue weighted by atomic mass is 9.83. The molecule has 1 aromatic carbocycles. The maximum absolute atomic E-state index is 13.5. The molecule has 6 nitrogen and oxygen atoms in total. The van der Waals surface area contributed by atoms with Crippen molar-refractivity contribution < 1.29 is 9.59 Å². The first kappa shape index (κ1) is 20.0. The molecule has 0 unspecified atom stereocenters. The van der Waals surface area contributed by atoms with Crippen LogP contribution in [0, 0.1) is 5.92 Å². The van der Waals surface area contributed by atoms with E-state index >= 15 is 0 Å². The van der Waals surface area contributed by atoms with E-state index in [2.05, 4.69) is 0 Å². The van der Waals surface area contributed by atoms with Crippen LogP contribution in [-0.2, 0) is 24.3 Å². The van der Waals surface area contributed by atoms with E-state index in [4.69, 9.17) is 0 Å². The summed E-state index contributed by atoms with van der Waals surface area (Å²) in [6.45, 7) is 2.93. The number of hydrogen-bond acceptors (Lipinski definition) is 3. The monoisotopic (exact) mass is 419 g/mol. The highest BCUT2D eigenvalue weighted by Gasteiger charge is 2.34. The van der Waals surface area contributed by atoms with Gasteiger partial charge < -0.3 is 14.4 Å². The molecule has 31 heavy (non-hydrogen) atoms. The van der Waals surface area contributed by atoms with Crippen LogP contribution in [0.3, 0.4) is 0 Å². The first-order chi connectivity index (χ1) is 15.1. The van der Waals surface area contributed by atoms with Gasteiger partial charge in [-0.1, -0.05) is 36.8 Å². The van der Waals surface area contributed by atoms with Crippen LogP contribution in [0.15, 0.2) is 41.3 Å². The van der Waals surface area contributed by atoms with Crippen LogP contribution >= 0.6 is 0 Å². The van der Waals surface area contributed by atoms with Crippen molar-refractivity contribution in [2.45, 2.75) is 51.6 Å². The van der Waals surface area contributed by atoms with Crippen molar-refractivity contribution in [1.29, 1.82) is 0 Å². The number of amides is 2. The molecule has 2 amide bonds. The average Bonchev–Trinajstić information content (AvgIpc) is 3.28. The largest absolute Gasteiger partial charge is 0.338 e. The van der Waals surface area contributed by atoms with E-state index < -0.39 is 0 Å². The summed E-state index contributed by atoms with van der Waals surface area (Å²) in [5, 5.41) is 0. The zero-order chi connectivity index (χ0) is 21.4. The van der Waals surface area contributed by atoms with Gasteiger partial charge in [-0.05, 0) is 48.8 Å². The molecule has 2 aliphatic heterocycles. The third-order valence-corrected chi connectivity index (χ3v) is 7.04. The standard InChI is InChI=1S/C25H29N3O3/c29-23(19-9-6-10-19)27-14-11-21-20(16-27)17-28(15-18-7-2-1-3-8-18)25(31)22(21)24(30)26-12-4-5-13-26/h1-3,7-8,17,19H,4-6,9-16H2. The van der Waals surface area contributed by atoms with Crippen LogP contribution in [0.5, 0.6) is 0 Å². The zero-order valence-electron chi connectivity index (χ0n) is 17.9. The molecule has 162 valence electrons. The number of carbonyl (C=O) groups is 2. The Morgan fingerprint density at radius 1 is 0.935 bits per heavy atom. The van der Waals surface area contributed by atoms with Gasteiger partial charge in [0.1, 0.15) is 5.56 Å². The van der Waals surface area contributed by atoms with Gasteiger partial charge in [-0.2, -0.15) is 0 Å². The molecule has 1 saturated heterocycles. The lowest BCUT2D eigenvalue weighted by molar-refractivity contribution is -0.139. The quantitative estimate of drug-likeness (QED) is 0.766. The Morgan fingerprint density at radius 2 is 1.68 bits per heavy atom. The Balaban J connectivity index is 1.53. The zero-order valence-corrected chi connectivity index (χ0v) is 17.9. The summed E-state index contributed by atoms with van der Waals surface area (Å²) < 4.78 is 1.66. The van der Waals surface area contributed by atoms with Gasteiger partial charge in [0.15, 0.2) is 0 Å². The van der Waals surface area contributed by atoms with Crippen molar-refractivity contribution in [1.82, 2.24) is 14.4 Å². The number of hydrogen-bond donors (Lipinski definition) is 0. The van der Waals surface area contributed by atoms with Crippen LogP contribution in [0.1, 0.15) is 59.2 Å². The van der Waals surface area contributed by atoms with Crippen LogP contribution in [0.25, 0.3) is 0 Å². The molecule has 0 radical (unpaired) electrons. The van der Waals surface area contributed by atoms with Gasteiger partial charge in [0.25, 0.3) is 11.5 Å². The first-order valence-corrected chi connectivity index (χ1v) is 11.5.